The summed E-state index contributed by atoms with van der Waals surface area (Å²) in [7, 11) is 0. The Morgan fingerprint density at radius 1 is 1.22 bits per heavy atom. The highest BCUT2D eigenvalue weighted by Gasteiger charge is 2.08. The summed E-state index contributed by atoms with van der Waals surface area (Å²) in [5.74, 6) is 1.83. The Morgan fingerprint density at radius 3 is 2.39 bits per heavy atom. The average molecular weight is 260 g/mol. The summed E-state index contributed by atoms with van der Waals surface area (Å²) in [5, 5.41) is 4.49. The third-order valence-corrected chi connectivity index (χ3v) is 2.98. The van der Waals surface area contributed by atoms with Gasteiger partial charge < -0.3 is 5.73 Å². The molecule has 0 aliphatic carbocycles. The van der Waals surface area contributed by atoms with E-state index in [1.54, 1.807) is 0 Å². The van der Waals surface area contributed by atoms with E-state index in [1.807, 2.05) is 28.9 Å². The molecule has 2 N–H and O–H groups in total. The largest absolute Gasteiger partial charge is 0.389 e. The van der Waals surface area contributed by atoms with Crippen LogP contribution in [0.3, 0.4) is 0 Å². The lowest BCUT2D eigenvalue weighted by molar-refractivity contribution is 0.791. The number of thiocarbonyl (C=S) groups is 1. The zero-order valence-electron chi connectivity index (χ0n) is 10.6. The maximum Gasteiger partial charge on any atom is 0.151 e. The van der Waals surface area contributed by atoms with E-state index < -0.39 is 0 Å². The van der Waals surface area contributed by atoms with E-state index in [0.717, 1.165) is 35.7 Å². The molecule has 0 aliphatic heterocycles. The van der Waals surface area contributed by atoms with Gasteiger partial charge in [-0.1, -0.05) is 26.1 Å². The van der Waals surface area contributed by atoms with Crippen LogP contribution in [0.4, 0.5) is 0 Å². The van der Waals surface area contributed by atoms with Crippen molar-refractivity contribution in [2.75, 3.05) is 0 Å². The molecule has 0 spiro atoms. The van der Waals surface area contributed by atoms with Crippen molar-refractivity contribution in [2.45, 2.75) is 26.7 Å². The molecule has 0 saturated carbocycles. The Balaban J connectivity index is 2.41. The predicted octanol–water partition coefficient (Wildman–Crippen LogP) is 2.03. The molecule has 94 valence electrons. The second-order valence-electron chi connectivity index (χ2n) is 3.97. The Labute approximate surface area is 112 Å². The van der Waals surface area contributed by atoms with Crippen molar-refractivity contribution in [1.82, 2.24) is 14.8 Å². The molecule has 18 heavy (non-hydrogen) atoms. The van der Waals surface area contributed by atoms with Crippen molar-refractivity contribution in [1.29, 1.82) is 0 Å². The predicted molar refractivity (Wildman–Crippen MR) is 76.0 cm³/mol. The Hall–Kier alpha value is -1.75. The van der Waals surface area contributed by atoms with Crippen LogP contribution >= 0.6 is 12.2 Å². The molecule has 4 nitrogen and oxygen atoms in total. The van der Waals surface area contributed by atoms with Crippen LogP contribution in [0.2, 0.25) is 0 Å². The Kier molecular flexibility index (Phi) is 3.72. The van der Waals surface area contributed by atoms with Crippen LogP contribution in [-0.4, -0.2) is 19.8 Å². The first kappa shape index (κ1) is 12.7. The highest BCUT2D eigenvalue weighted by Crippen LogP contribution is 2.12. The molecule has 0 amide bonds. The van der Waals surface area contributed by atoms with Crippen molar-refractivity contribution in [3.63, 3.8) is 0 Å². The van der Waals surface area contributed by atoms with Crippen LogP contribution < -0.4 is 5.73 Å². The SMILES string of the molecule is CCc1nc(CC)n(-c2ccc(C(N)=S)cc2)n1. The van der Waals surface area contributed by atoms with Gasteiger partial charge in [0, 0.05) is 18.4 Å². The molecule has 5 heteroatoms. The van der Waals surface area contributed by atoms with Gasteiger partial charge >= 0.3 is 0 Å². The van der Waals surface area contributed by atoms with E-state index in [2.05, 4.69) is 23.9 Å². The summed E-state index contributed by atoms with van der Waals surface area (Å²) in [5.41, 5.74) is 7.43. The second-order valence-corrected chi connectivity index (χ2v) is 4.41. The smallest absolute Gasteiger partial charge is 0.151 e. The van der Waals surface area contributed by atoms with Crippen molar-refractivity contribution >= 4 is 17.2 Å². The molecule has 0 atom stereocenters. The van der Waals surface area contributed by atoms with E-state index >= 15 is 0 Å². The third-order valence-electron chi connectivity index (χ3n) is 2.75. The molecule has 0 aliphatic rings. The fraction of sp³-hybridized carbons (Fsp3) is 0.308. The summed E-state index contributed by atoms with van der Waals surface area (Å²) in [6, 6.07) is 7.73. The molecule has 2 aromatic rings. The van der Waals surface area contributed by atoms with Gasteiger partial charge in [-0.25, -0.2) is 9.67 Å². The number of hydrogen-bond donors (Lipinski definition) is 1. The molecular weight excluding hydrogens is 244 g/mol. The van der Waals surface area contributed by atoms with Crippen molar-refractivity contribution in [2.24, 2.45) is 5.73 Å². The van der Waals surface area contributed by atoms with Gasteiger partial charge in [-0.2, -0.15) is 5.10 Å². The lowest BCUT2D eigenvalue weighted by atomic mass is 10.2. The first-order valence-corrected chi connectivity index (χ1v) is 6.41. The van der Waals surface area contributed by atoms with Crippen LogP contribution in [0.25, 0.3) is 5.69 Å². The summed E-state index contributed by atoms with van der Waals surface area (Å²) in [6.45, 7) is 4.12. The first-order valence-electron chi connectivity index (χ1n) is 6.00. The number of aryl methyl sites for hydroxylation is 2. The Bertz CT molecular complexity index is 557. The molecule has 2 rings (SSSR count). The molecule has 0 fully saturated rings. The van der Waals surface area contributed by atoms with E-state index in [9.17, 15) is 0 Å². The van der Waals surface area contributed by atoms with Crippen molar-refractivity contribution < 1.29 is 0 Å². The highest BCUT2D eigenvalue weighted by atomic mass is 32.1. The van der Waals surface area contributed by atoms with Gasteiger partial charge in [0.15, 0.2) is 5.82 Å². The summed E-state index contributed by atoms with van der Waals surface area (Å²) in [6.07, 6.45) is 1.69. The lowest BCUT2D eigenvalue weighted by Gasteiger charge is -2.05. The molecule has 0 radical (unpaired) electrons. The van der Waals surface area contributed by atoms with Crippen LogP contribution in [0.1, 0.15) is 31.1 Å². The zero-order valence-corrected chi connectivity index (χ0v) is 11.4. The molecule has 0 saturated heterocycles. The average Bonchev–Trinajstić information content (AvgIpc) is 2.82. The third kappa shape index (κ3) is 2.41. The summed E-state index contributed by atoms with van der Waals surface area (Å²) >= 11 is 4.94. The minimum absolute atomic E-state index is 0.408. The van der Waals surface area contributed by atoms with Crippen LogP contribution in [0.5, 0.6) is 0 Å². The quantitative estimate of drug-likeness (QED) is 0.855. The van der Waals surface area contributed by atoms with E-state index in [4.69, 9.17) is 18.0 Å². The second kappa shape index (κ2) is 5.27. The van der Waals surface area contributed by atoms with E-state index in [1.165, 1.54) is 0 Å². The van der Waals surface area contributed by atoms with Crippen LogP contribution in [0.15, 0.2) is 24.3 Å². The molecule has 1 aromatic carbocycles. The number of nitrogens with two attached hydrogens (primary N) is 1. The summed E-state index contributed by atoms with van der Waals surface area (Å²) in [4.78, 5) is 4.89. The maximum absolute atomic E-state index is 5.58. The number of aromatic nitrogens is 3. The molecule has 0 bridgehead atoms. The van der Waals surface area contributed by atoms with Crippen LogP contribution in [0, 0.1) is 0 Å². The van der Waals surface area contributed by atoms with Crippen molar-refractivity contribution in [3.05, 3.63) is 41.5 Å². The number of nitrogens with zero attached hydrogens (tertiary/aromatic N) is 3. The Morgan fingerprint density at radius 2 is 1.89 bits per heavy atom. The number of hydrogen-bond acceptors (Lipinski definition) is 3. The number of benzene rings is 1. The van der Waals surface area contributed by atoms with E-state index in [0.29, 0.717) is 4.99 Å². The zero-order chi connectivity index (χ0) is 13.1. The minimum Gasteiger partial charge on any atom is -0.389 e. The fourth-order valence-electron chi connectivity index (χ4n) is 1.74. The maximum atomic E-state index is 5.58. The number of rotatable bonds is 4. The van der Waals surface area contributed by atoms with Gasteiger partial charge in [0.2, 0.25) is 0 Å². The van der Waals surface area contributed by atoms with Gasteiger partial charge in [-0.3, -0.25) is 0 Å². The molecule has 1 aromatic heterocycles. The van der Waals surface area contributed by atoms with E-state index in [-0.39, 0.29) is 0 Å². The summed E-state index contributed by atoms with van der Waals surface area (Å²) < 4.78 is 1.88. The fourth-order valence-corrected chi connectivity index (χ4v) is 1.88. The van der Waals surface area contributed by atoms with Crippen molar-refractivity contribution in [3.8, 4) is 5.69 Å². The molecular formula is C13H16N4S. The highest BCUT2D eigenvalue weighted by molar-refractivity contribution is 7.80. The normalized spacial score (nSPS) is 10.6. The van der Waals surface area contributed by atoms with Gasteiger partial charge in [0.25, 0.3) is 0 Å². The van der Waals surface area contributed by atoms with Gasteiger partial charge in [0.1, 0.15) is 10.8 Å². The molecule has 1 heterocycles. The monoisotopic (exact) mass is 260 g/mol. The van der Waals surface area contributed by atoms with Crippen LogP contribution in [-0.2, 0) is 12.8 Å². The first-order chi connectivity index (χ1) is 8.65. The standard InChI is InChI=1S/C13H16N4S/c1-3-11-15-12(4-2)17(16-11)10-7-5-9(6-8-10)13(14)18/h5-8H,3-4H2,1-2H3,(H2,14,18). The van der Waals surface area contributed by atoms with Gasteiger partial charge in [-0.05, 0) is 24.3 Å². The molecule has 0 unspecified atom stereocenters. The van der Waals surface area contributed by atoms with Gasteiger partial charge in [-0.15, -0.1) is 0 Å². The lowest BCUT2D eigenvalue weighted by Crippen LogP contribution is -2.09. The van der Waals surface area contributed by atoms with Gasteiger partial charge in [0.05, 0.1) is 5.69 Å². The minimum atomic E-state index is 0.408. The topological polar surface area (TPSA) is 56.7 Å².